The summed E-state index contributed by atoms with van der Waals surface area (Å²) in [6.07, 6.45) is 1.81. The van der Waals surface area contributed by atoms with Gasteiger partial charge < -0.3 is 10.6 Å². The van der Waals surface area contributed by atoms with Gasteiger partial charge in [-0.15, -0.1) is 0 Å². The molecule has 0 amide bonds. The molecule has 0 saturated heterocycles. The zero-order valence-corrected chi connectivity index (χ0v) is 17.1. The summed E-state index contributed by atoms with van der Waals surface area (Å²) < 4.78 is 29.1. The standard InChI is InChI=1S/C19H22N6O3S/c1-4-28-24-19(20)15-10-11-16(29(26,27)21-3)18(22-15)17-13(2)12-25(23-17)14-8-6-5-7-9-14/h5-12,21H,4H2,1-3H3,(H2,20,24). The fraction of sp³-hybridized carbons (Fsp3) is 0.211. The van der Waals surface area contributed by atoms with Gasteiger partial charge in [-0.2, -0.15) is 5.10 Å². The summed E-state index contributed by atoms with van der Waals surface area (Å²) in [5.41, 5.74) is 8.42. The number of hydrogen-bond acceptors (Lipinski definition) is 6. The summed E-state index contributed by atoms with van der Waals surface area (Å²) in [6, 6.07) is 12.4. The van der Waals surface area contributed by atoms with Crippen molar-refractivity contribution in [1.82, 2.24) is 19.5 Å². The van der Waals surface area contributed by atoms with Gasteiger partial charge in [0.1, 0.15) is 28.6 Å². The smallest absolute Gasteiger partial charge is 0.242 e. The van der Waals surface area contributed by atoms with E-state index in [2.05, 4.69) is 20.0 Å². The Morgan fingerprint density at radius 3 is 2.59 bits per heavy atom. The Bertz CT molecular complexity index is 1140. The predicted molar refractivity (Wildman–Crippen MR) is 110 cm³/mol. The van der Waals surface area contributed by atoms with Crippen molar-refractivity contribution < 1.29 is 13.3 Å². The molecule has 0 spiro atoms. The molecule has 0 radical (unpaired) electrons. The number of amidine groups is 1. The Balaban J connectivity index is 2.20. The van der Waals surface area contributed by atoms with Crippen molar-refractivity contribution in [2.45, 2.75) is 18.7 Å². The number of pyridine rings is 1. The van der Waals surface area contributed by atoms with Gasteiger partial charge in [-0.05, 0) is 50.7 Å². The van der Waals surface area contributed by atoms with Crippen LogP contribution in [0.2, 0.25) is 0 Å². The maximum absolute atomic E-state index is 12.6. The van der Waals surface area contributed by atoms with Gasteiger partial charge in [-0.25, -0.2) is 22.8 Å². The van der Waals surface area contributed by atoms with Gasteiger partial charge in [0.05, 0.1) is 5.69 Å². The van der Waals surface area contributed by atoms with Crippen molar-refractivity contribution in [3.05, 3.63) is 59.9 Å². The number of rotatable bonds is 7. The van der Waals surface area contributed by atoms with Crippen LogP contribution in [-0.4, -0.2) is 42.7 Å². The average molecular weight is 414 g/mol. The highest BCUT2D eigenvalue weighted by atomic mass is 32.2. The van der Waals surface area contributed by atoms with Crippen LogP contribution in [0.4, 0.5) is 0 Å². The molecule has 3 N–H and O–H groups in total. The van der Waals surface area contributed by atoms with Gasteiger partial charge in [-0.1, -0.05) is 23.4 Å². The molecule has 0 aliphatic carbocycles. The Morgan fingerprint density at radius 1 is 1.21 bits per heavy atom. The quantitative estimate of drug-likeness (QED) is 0.345. The second-order valence-electron chi connectivity index (χ2n) is 6.09. The molecule has 3 rings (SSSR count). The second-order valence-corrected chi connectivity index (χ2v) is 7.94. The minimum atomic E-state index is -3.78. The molecule has 0 unspecified atom stereocenters. The van der Waals surface area contributed by atoms with E-state index in [9.17, 15) is 8.42 Å². The average Bonchev–Trinajstić information content (AvgIpc) is 3.13. The summed E-state index contributed by atoms with van der Waals surface area (Å²) in [4.78, 5) is 9.41. The molecule has 0 bridgehead atoms. The number of hydrogen-bond donors (Lipinski definition) is 2. The topological polar surface area (TPSA) is 124 Å². The van der Waals surface area contributed by atoms with Gasteiger partial charge >= 0.3 is 0 Å². The monoisotopic (exact) mass is 414 g/mol. The summed E-state index contributed by atoms with van der Waals surface area (Å²) in [5.74, 6) is 0.0432. The van der Waals surface area contributed by atoms with E-state index in [-0.39, 0.29) is 22.1 Å². The van der Waals surface area contributed by atoms with Crippen molar-refractivity contribution in [2.24, 2.45) is 10.9 Å². The van der Waals surface area contributed by atoms with E-state index in [4.69, 9.17) is 10.6 Å². The summed E-state index contributed by atoms with van der Waals surface area (Å²) in [7, 11) is -2.44. The zero-order chi connectivity index (χ0) is 21.0. The van der Waals surface area contributed by atoms with E-state index in [1.54, 1.807) is 11.6 Å². The van der Waals surface area contributed by atoms with Crippen molar-refractivity contribution in [2.75, 3.05) is 13.7 Å². The lowest BCUT2D eigenvalue weighted by molar-refractivity contribution is 0.158. The van der Waals surface area contributed by atoms with Crippen molar-refractivity contribution in [3.8, 4) is 17.1 Å². The third-order valence-electron chi connectivity index (χ3n) is 4.11. The Labute approximate surface area is 169 Å². The maximum Gasteiger partial charge on any atom is 0.242 e. The van der Waals surface area contributed by atoms with E-state index < -0.39 is 10.0 Å². The lowest BCUT2D eigenvalue weighted by atomic mass is 10.2. The van der Waals surface area contributed by atoms with Crippen molar-refractivity contribution in [3.63, 3.8) is 0 Å². The first-order chi connectivity index (χ1) is 13.9. The zero-order valence-electron chi connectivity index (χ0n) is 16.3. The molecule has 9 nitrogen and oxygen atoms in total. The minimum absolute atomic E-state index is 0.00521. The molecule has 0 saturated carbocycles. The number of sulfonamides is 1. The van der Waals surface area contributed by atoms with E-state index >= 15 is 0 Å². The van der Waals surface area contributed by atoms with Crippen LogP contribution < -0.4 is 10.5 Å². The van der Waals surface area contributed by atoms with Gasteiger partial charge in [0.2, 0.25) is 10.0 Å². The van der Waals surface area contributed by atoms with E-state index in [0.29, 0.717) is 12.3 Å². The van der Waals surface area contributed by atoms with Crippen LogP contribution in [0.1, 0.15) is 18.2 Å². The minimum Gasteiger partial charge on any atom is -0.394 e. The molecule has 2 aromatic heterocycles. The largest absolute Gasteiger partial charge is 0.394 e. The molecule has 0 aliphatic rings. The number of nitrogens with one attached hydrogen (secondary N) is 1. The van der Waals surface area contributed by atoms with E-state index in [1.807, 2.05) is 43.5 Å². The number of nitrogens with zero attached hydrogens (tertiary/aromatic N) is 4. The Kier molecular flexibility index (Phi) is 5.95. The van der Waals surface area contributed by atoms with Crippen LogP contribution in [0.25, 0.3) is 17.1 Å². The lowest BCUT2D eigenvalue weighted by Crippen LogP contribution is -2.22. The molecular formula is C19H22N6O3S. The van der Waals surface area contributed by atoms with E-state index in [0.717, 1.165) is 11.3 Å². The highest BCUT2D eigenvalue weighted by Crippen LogP contribution is 2.28. The molecule has 0 atom stereocenters. The fourth-order valence-corrected chi connectivity index (χ4v) is 3.54. The van der Waals surface area contributed by atoms with E-state index in [1.165, 1.54) is 19.2 Å². The van der Waals surface area contributed by atoms with Crippen LogP contribution in [0.15, 0.2) is 58.7 Å². The van der Waals surface area contributed by atoms with Crippen LogP contribution in [0, 0.1) is 6.92 Å². The van der Waals surface area contributed by atoms with Gasteiger partial charge in [-0.3, -0.25) is 0 Å². The van der Waals surface area contributed by atoms with Crippen LogP contribution >= 0.6 is 0 Å². The molecule has 152 valence electrons. The maximum atomic E-state index is 12.6. The van der Waals surface area contributed by atoms with Crippen molar-refractivity contribution >= 4 is 15.9 Å². The molecular weight excluding hydrogens is 392 g/mol. The third-order valence-corrected chi connectivity index (χ3v) is 5.56. The lowest BCUT2D eigenvalue weighted by Gasteiger charge is -2.10. The Hall–Kier alpha value is -3.24. The first-order valence-corrected chi connectivity index (χ1v) is 10.4. The van der Waals surface area contributed by atoms with Gasteiger partial charge in [0.15, 0.2) is 5.84 Å². The van der Waals surface area contributed by atoms with Crippen LogP contribution in [0.5, 0.6) is 0 Å². The molecule has 10 heteroatoms. The first kappa shape index (κ1) is 20.5. The van der Waals surface area contributed by atoms with Crippen molar-refractivity contribution in [1.29, 1.82) is 0 Å². The molecule has 2 heterocycles. The number of para-hydroxylation sites is 1. The summed E-state index contributed by atoms with van der Waals surface area (Å²) >= 11 is 0. The first-order valence-electron chi connectivity index (χ1n) is 8.89. The molecule has 1 aromatic carbocycles. The SMILES string of the molecule is CCO/N=C(\N)c1ccc(S(=O)(=O)NC)c(-c2nn(-c3ccccc3)cc2C)n1. The van der Waals surface area contributed by atoms with Crippen LogP contribution in [-0.2, 0) is 14.9 Å². The normalized spacial score (nSPS) is 12.2. The van der Waals surface area contributed by atoms with Gasteiger partial charge in [0, 0.05) is 6.20 Å². The molecule has 0 aliphatic heterocycles. The molecule has 3 aromatic rings. The highest BCUT2D eigenvalue weighted by molar-refractivity contribution is 7.89. The second kappa shape index (κ2) is 8.41. The fourth-order valence-electron chi connectivity index (χ4n) is 2.67. The molecule has 29 heavy (non-hydrogen) atoms. The number of nitrogens with two attached hydrogens (primary N) is 1. The number of benzene rings is 1. The number of oxime groups is 1. The highest BCUT2D eigenvalue weighted by Gasteiger charge is 2.24. The van der Waals surface area contributed by atoms with Gasteiger partial charge in [0.25, 0.3) is 0 Å². The predicted octanol–water partition coefficient (Wildman–Crippen LogP) is 1.81. The van der Waals surface area contributed by atoms with Crippen LogP contribution in [0.3, 0.4) is 0 Å². The third kappa shape index (κ3) is 4.28. The number of aryl methyl sites for hydroxylation is 1. The summed E-state index contributed by atoms with van der Waals surface area (Å²) in [6.45, 7) is 3.96. The molecule has 0 fully saturated rings. The Morgan fingerprint density at radius 2 is 1.93 bits per heavy atom. The number of aromatic nitrogens is 3. The summed E-state index contributed by atoms with van der Waals surface area (Å²) in [5, 5.41) is 8.35.